The van der Waals surface area contributed by atoms with Gasteiger partial charge in [-0.05, 0) is 44.0 Å². The first-order chi connectivity index (χ1) is 13.3. The molecular weight excluding hydrogens is 386 g/mol. The van der Waals surface area contributed by atoms with Crippen molar-refractivity contribution in [3.8, 4) is 0 Å². The van der Waals surface area contributed by atoms with E-state index in [4.69, 9.17) is 4.74 Å². The van der Waals surface area contributed by atoms with E-state index in [0.717, 1.165) is 25.7 Å². The van der Waals surface area contributed by atoms with Crippen molar-refractivity contribution in [2.24, 2.45) is 0 Å². The molecule has 10 heteroatoms. The van der Waals surface area contributed by atoms with Gasteiger partial charge in [0.25, 0.3) is 5.91 Å². The van der Waals surface area contributed by atoms with Gasteiger partial charge in [0.05, 0.1) is 10.5 Å². The largest absolute Gasteiger partial charge is 0.449 e. The van der Waals surface area contributed by atoms with Gasteiger partial charge >= 0.3 is 12.0 Å². The van der Waals surface area contributed by atoms with Crippen LogP contribution in [0.15, 0.2) is 29.2 Å². The zero-order valence-electron chi connectivity index (χ0n) is 15.9. The van der Waals surface area contributed by atoms with Crippen LogP contribution >= 0.6 is 0 Å². The summed E-state index contributed by atoms with van der Waals surface area (Å²) >= 11 is 0. The summed E-state index contributed by atoms with van der Waals surface area (Å²) in [7, 11) is -2.26. The van der Waals surface area contributed by atoms with Crippen LogP contribution in [0.25, 0.3) is 0 Å². The van der Waals surface area contributed by atoms with Crippen molar-refractivity contribution in [1.29, 1.82) is 0 Å². The second kappa shape index (κ2) is 9.65. The van der Waals surface area contributed by atoms with Crippen LogP contribution in [-0.4, -0.2) is 56.9 Å². The van der Waals surface area contributed by atoms with Gasteiger partial charge in [-0.15, -0.1) is 0 Å². The number of nitrogens with zero attached hydrogens (tertiary/aromatic N) is 1. The molecule has 3 amide bonds. The van der Waals surface area contributed by atoms with Crippen molar-refractivity contribution in [3.05, 3.63) is 29.8 Å². The summed E-state index contributed by atoms with van der Waals surface area (Å²) in [5, 5.41) is 4.22. The lowest BCUT2D eigenvalue weighted by molar-refractivity contribution is -0.127. The Morgan fingerprint density at radius 2 is 1.61 bits per heavy atom. The van der Waals surface area contributed by atoms with Crippen molar-refractivity contribution in [1.82, 2.24) is 14.9 Å². The van der Waals surface area contributed by atoms with Gasteiger partial charge < -0.3 is 10.1 Å². The molecule has 1 fully saturated rings. The Labute approximate surface area is 164 Å². The Kier molecular flexibility index (Phi) is 7.53. The molecule has 28 heavy (non-hydrogen) atoms. The van der Waals surface area contributed by atoms with Gasteiger partial charge in [0.15, 0.2) is 6.10 Å². The second-order valence-corrected chi connectivity index (χ2v) is 8.40. The van der Waals surface area contributed by atoms with Crippen LogP contribution in [0.1, 0.15) is 43.0 Å². The summed E-state index contributed by atoms with van der Waals surface area (Å²) in [6, 6.07) is 4.68. The molecule has 9 nitrogen and oxygen atoms in total. The molecule has 0 unspecified atom stereocenters. The van der Waals surface area contributed by atoms with Crippen molar-refractivity contribution in [2.75, 3.05) is 20.1 Å². The maximum absolute atomic E-state index is 12.7. The molecule has 154 valence electrons. The van der Waals surface area contributed by atoms with E-state index in [1.54, 1.807) is 0 Å². The molecule has 1 aromatic rings. The van der Waals surface area contributed by atoms with E-state index in [1.165, 1.54) is 42.5 Å². The number of ether oxygens (including phenoxy) is 1. The van der Waals surface area contributed by atoms with Crippen LogP contribution in [0, 0.1) is 0 Å². The lowest BCUT2D eigenvalue weighted by Crippen LogP contribution is -2.43. The number of nitrogens with one attached hydrogen (secondary N) is 2. The molecule has 1 aromatic carbocycles. The predicted octanol–water partition coefficient (Wildman–Crippen LogP) is 1.25. The van der Waals surface area contributed by atoms with Crippen LogP contribution < -0.4 is 10.6 Å². The van der Waals surface area contributed by atoms with Crippen molar-refractivity contribution in [3.63, 3.8) is 0 Å². The predicted molar refractivity (Wildman–Crippen MR) is 101 cm³/mol. The normalized spacial score (nSPS) is 16.5. The minimum atomic E-state index is -3.61. The highest BCUT2D eigenvalue weighted by Crippen LogP contribution is 2.21. The summed E-state index contributed by atoms with van der Waals surface area (Å²) < 4.78 is 32.0. The third-order valence-corrected chi connectivity index (χ3v) is 6.32. The minimum Gasteiger partial charge on any atom is -0.449 e. The molecule has 2 N–H and O–H groups in total. The van der Waals surface area contributed by atoms with E-state index >= 15 is 0 Å². The Morgan fingerprint density at radius 3 is 2.14 bits per heavy atom. The highest BCUT2D eigenvalue weighted by Gasteiger charge is 2.26. The van der Waals surface area contributed by atoms with Crippen LogP contribution in [0.4, 0.5) is 4.79 Å². The molecule has 0 aromatic heterocycles. The van der Waals surface area contributed by atoms with Crippen LogP contribution in [0.2, 0.25) is 0 Å². The minimum absolute atomic E-state index is 0.106. The lowest BCUT2D eigenvalue weighted by atomic mass is 10.2. The number of urea groups is 1. The quantitative estimate of drug-likeness (QED) is 0.703. The van der Waals surface area contributed by atoms with E-state index < -0.39 is 34.0 Å². The number of hydrogen-bond acceptors (Lipinski definition) is 6. The number of amides is 3. The summed E-state index contributed by atoms with van der Waals surface area (Å²) in [5.41, 5.74) is 0.106. The molecule has 0 saturated carbocycles. The average Bonchev–Trinajstić information content (AvgIpc) is 2.97. The van der Waals surface area contributed by atoms with Crippen LogP contribution in [0.3, 0.4) is 0 Å². The highest BCUT2D eigenvalue weighted by atomic mass is 32.2. The average molecular weight is 411 g/mol. The Hall–Kier alpha value is -2.46. The van der Waals surface area contributed by atoms with E-state index in [0.29, 0.717) is 13.1 Å². The fraction of sp³-hybridized carbons (Fsp3) is 0.500. The fourth-order valence-electron chi connectivity index (χ4n) is 2.75. The topological polar surface area (TPSA) is 122 Å². The fourth-order valence-corrected chi connectivity index (χ4v) is 4.27. The molecule has 1 atom stereocenters. The maximum Gasteiger partial charge on any atom is 0.338 e. The molecule has 0 aliphatic carbocycles. The maximum atomic E-state index is 12.7. The first-order valence-electron chi connectivity index (χ1n) is 9.09. The van der Waals surface area contributed by atoms with Crippen molar-refractivity contribution < 1.29 is 27.5 Å². The molecular formula is C18H25N3O6S. The van der Waals surface area contributed by atoms with E-state index in [1.807, 2.05) is 5.32 Å². The zero-order valence-corrected chi connectivity index (χ0v) is 16.8. The Bertz CT molecular complexity index is 814. The first-order valence-corrected chi connectivity index (χ1v) is 10.5. The number of esters is 1. The Morgan fingerprint density at radius 1 is 1.04 bits per heavy atom. The highest BCUT2D eigenvalue weighted by molar-refractivity contribution is 7.89. The van der Waals surface area contributed by atoms with Gasteiger partial charge in [0, 0.05) is 20.1 Å². The molecule has 0 radical (unpaired) electrons. The summed E-state index contributed by atoms with van der Waals surface area (Å²) in [6.45, 7) is 2.31. The molecule has 0 bridgehead atoms. The number of carbonyl (C=O) groups excluding carboxylic acids is 3. The molecule has 1 saturated heterocycles. The smallest absolute Gasteiger partial charge is 0.338 e. The molecule has 1 aliphatic rings. The number of rotatable bonds is 5. The SMILES string of the molecule is CNC(=O)NC(=O)[C@@H](C)OC(=O)c1ccc(S(=O)(=O)N2CCCCCC2)cc1. The third-order valence-electron chi connectivity index (χ3n) is 4.41. The number of sulfonamides is 1. The van der Waals surface area contributed by atoms with Gasteiger partial charge in [-0.2, -0.15) is 4.31 Å². The summed E-state index contributed by atoms with van der Waals surface area (Å²) in [4.78, 5) is 35.1. The number of carbonyl (C=O) groups is 3. The van der Waals surface area contributed by atoms with Crippen molar-refractivity contribution >= 4 is 27.9 Å². The number of hydrogen-bond donors (Lipinski definition) is 2. The van der Waals surface area contributed by atoms with Gasteiger partial charge in [-0.3, -0.25) is 10.1 Å². The van der Waals surface area contributed by atoms with Gasteiger partial charge in [0.2, 0.25) is 10.0 Å². The standard InChI is InChI=1S/C18H25N3O6S/c1-13(16(22)20-18(24)19-2)27-17(23)14-7-9-15(10-8-14)28(25,26)21-11-5-3-4-6-12-21/h7-10,13H,3-6,11-12H2,1-2H3,(H2,19,20,22,24)/t13-/m1/s1. The Balaban J connectivity index is 2.03. The lowest BCUT2D eigenvalue weighted by Gasteiger charge is -2.20. The zero-order chi connectivity index (χ0) is 20.7. The first kappa shape index (κ1) is 21.8. The van der Waals surface area contributed by atoms with E-state index in [2.05, 4.69) is 5.32 Å². The third kappa shape index (κ3) is 5.52. The van der Waals surface area contributed by atoms with E-state index in [9.17, 15) is 22.8 Å². The summed E-state index contributed by atoms with van der Waals surface area (Å²) in [5.74, 6) is -1.56. The molecule has 0 spiro atoms. The number of imide groups is 1. The van der Waals surface area contributed by atoms with Gasteiger partial charge in [-0.1, -0.05) is 12.8 Å². The summed E-state index contributed by atoms with van der Waals surface area (Å²) in [6.07, 6.45) is 2.51. The van der Waals surface area contributed by atoms with Gasteiger partial charge in [-0.25, -0.2) is 18.0 Å². The number of benzene rings is 1. The van der Waals surface area contributed by atoms with Crippen LogP contribution in [-0.2, 0) is 19.6 Å². The molecule has 1 aliphatic heterocycles. The second-order valence-electron chi connectivity index (χ2n) is 6.46. The molecule has 1 heterocycles. The van der Waals surface area contributed by atoms with Crippen LogP contribution in [0.5, 0.6) is 0 Å². The van der Waals surface area contributed by atoms with Crippen molar-refractivity contribution in [2.45, 2.75) is 43.6 Å². The monoisotopic (exact) mass is 411 g/mol. The van der Waals surface area contributed by atoms with E-state index in [-0.39, 0.29) is 10.5 Å². The molecule has 2 rings (SSSR count). The van der Waals surface area contributed by atoms with Gasteiger partial charge in [0.1, 0.15) is 0 Å².